The smallest absolute Gasteiger partial charge is 0.248 e. The Kier molecular flexibility index (Phi) is 6.68. The van der Waals surface area contributed by atoms with Gasteiger partial charge in [-0.2, -0.15) is 0 Å². The molecule has 31 heavy (non-hydrogen) atoms. The Labute approximate surface area is 183 Å². The van der Waals surface area contributed by atoms with Crippen LogP contribution in [0.25, 0.3) is 0 Å². The molecule has 2 aromatic carbocycles. The predicted octanol–water partition coefficient (Wildman–Crippen LogP) is 2.52. The highest BCUT2D eigenvalue weighted by Crippen LogP contribution is 2.43. The van der Waals surface area contributed by atoms with Gasteiger partial charge in [0.05, 0.1) is 0 Å². The second kappa shape index (κ2) is 9.62. The molecule has 6 nitrogen and oxygen atoms in total. The average molecular weight is 422 g/mol. The van der Waals surface area contributed by atoms with Crippen LogP contribution in [0.1, 0.15) is 53.1 Å². The Bertz CT molecular complexity index is 903. The maximum Gasteiger partial charge on any atom is 0.248 e. The second-order valence-corrected chi connectivity index (χ2v) is 8.74. The maximum absolute atomic E-state index is 12.3. The van der Waals surface area contributed by atoms with Gasteiger partial charge < -0.3 is 15.7 Å². The number of aliphatic hydroxyl groups is 1. The minimum Gasteiger partial charge on any atom is -0.387 e. The van der Waals surface area contributed by atoms with Crippen LogP contribution in [0.5, 0.6) is 0 Å². The zero-order valence-corrected chi connectivity index (χ0v) is 17.8. The molecule has 3 atom stereocenters. The summed E-state index contributed by atoms with van der Waals surface area (Å²) in [6.07, 6.45) is 4.46. The van der Waals surface area contributed by atoms with Crippen LogP contribution in [0, 0.1) is 0 Å². The first-order valence-electron chi connectivity index (χ1n) is 11.1. The highest BCUT2D eigenvalue weighted by molar-refractivity contribution is 5.92. The number of hydrogen-bond acceptors (Lipinski definition) is 4. The van der Waals surface area contributed by atoms with Gasteiger partial charge in [0.2, 0.25) is 11.8 Å². The van der Waals surface area contributed by atoms with Crippen LogP contribution in [0.4, 0.5) is 0 Å². The molecule has 2 bridgehead atoms. The van der Waals surface area contributed by atoms with E-state index >= 15 is 0 Å². The number of aliphatic hydroxyl groups excluding tert-OH is 1. The van der Waals surface area contributed by atoms with Crippen molar-refractivity contribution in [1.82, 2.24) is 9.80 Å². The Balaban J connectivity index is 1.39. The molecule has 0 spiro atoms. The normalized spacial score (nSPS) is 22.9. The van der Waals surface area contributed by atoms with Gasteiger partial charge in [0.1, 0.15) is 6.61 Å². The molecule has 2 aliphatic heterocycles. The molecular formula is C25H31N3O3. The summed E-state index contributed by atoms with van der Waals surface area (Å²) in [5.74, 6) is -0.170. The Hall–Kier alpha value is -2.70. The number of piperidine rings is 1. The number of fused-ring (bicyclic) bond motifs is 2. The molecule has 0 aliphatic carbocycles. The lowest BCUT2D eigenvalue weighted by molar-refractivity contribution is -0.135. The van der Waals surface area contributed by atoms with E-state index in [0.717, 1.165) is 24.9 Å². The fraction of sp³-hybridized carbons (Fsp3) is 0.440. The van der Waals surface area contributed by atoms with Crippen molar-refractivity contribution in [3.63, 3.8) is 0 Å². The van der Waals surface area contributed by atoms with Crippen LogP contribution in [0.15, 0.2) is 54.6 Å². The van der Waals surface area contributed by atoms with E-state index in [1.54, 1.807) is 11.0 Å². The largest absolute Gasteiger partial charge is 0.387 e. The van der Waals surface area contributed by atoms with E-state index in [1.165, 1.54) is 18.4 Å². The number of primary amides is 1. The first-order valence-corrected chi connectivity index (χ1v) is 11.1. The highest BCUT2D eigenvalue weighted by Gasteiger charge is 2.41. The molecule has 0 radical (unpaired) electrons. The van der Waals surface area contributed by atoms with Crippen LogP contribution in [-0.2, 0) is 11.3 Å². The molecule has 2 aliphatic rings. The van der Waals surface area contributed by atoms with E-state index in [4.69, 9.17) is 5.73 Å². The summed E-state index contributed by atoms with van der Waals surface area (Å²) in [5.41, 5.74) is 8.31. The third-order valence-corrected chi connectivity index (χ3v) is 6.86. The molecule has 0 saturated carbocycles. The van der Waals surface area contributed by atoms with E-state index in [-0.39, 0.29) is 11.8 Å². The third kappa shape index (κ3) is 4.97. The van der Waals surface area contributed by atoms with Crippen molar-refractivity contribution in [2.75, 3.05) is 19.7 Å². The molecule has 164 valence electrons. The molecule has 2 heterocycles. The first kappa shape index (κ1) is 21.5. The summed E-state index contributed by atoms with van der Waals surface area (Å²) in [4.78, 5) is 28.2. The molecule has 3 N–H and O–H groups in total. The maximum atomic E-state index is 12.3. The number of carbonyl (C=O) groups excluding carboxylic acids is 2. The molecule has 2 fully saturated rings. The summed E-state index contributed by atoms with van der Waals surface area (Å²) in [5, 5.41) is 9.42. The lowest BCUT2D eigenvalue weighted by Crippen LogP contribution is -2.47. The van der Waals surface area contributed by atoms with E-state index in [0.29, 0.717) is 36.7 Å². The van der Waals surface area contributed by atoms with Crippen molar-refractivity contribution in [3.05, 3.63) is 71.3 Å². The number of carbonyl (C=O) groups is 2. The molecule has 0 aromatic heterocycles. The van der Waals surface area contributed by atoms with Gasteiger partial charge in [0.25, 0.3) is 0 Å². The van der Waals surface area contributed by atoms with Crippen molar-refractivity contribution in [1.29, 1.82) is 0 Å². The Morgan fingerprint density at radius 1 is 1.03 bits per heavy atom. The summed E-state index contributed by atoms with van der Waals surface area (Å²) in [6.45, 7) is 1.50. The van der Waals surface area contributed by atoms with Crippen LogP contribution < -0.4 is 5.73 Å². The molecule has 2 amide bonds. The van der Waals surface area contributed by atoms with E-state index in [2.05, 4.69) is 11.0 Å². The van der Waals surface area contributed by atoms with Crippen molar-refractivity contribution in [3.8, 4) is 0 Å². The zero-order chi connectivity index (χ0) is 21.8. The van der Waals surface area contributed by atoms with Crippen LogP contribution >= 0.6 is 0 Å². The molecule has 6 heteroatoms. The van der Waals surface area contributed by atoms with Crippen molar-refractivity contribution in [2.45, 2.75) is 50.2 Å². The first-order chi connectivity index (χ1) is 15.0. The van der Waals surface area contributed by atoms with E-state index in [9.17, 15) is 14.7 Å². The van der Waals surface area contributed by atoms with Gasteiger partial charge in [0.15, 0.2) is 0 Å². The number of benzene rings is 2. The number of rotatable bonds is 8. The van der Waals surface area contributed by atoms with Crippen molar-refractivity contribution < 1.29 is 14.7 Å². The number of amides is 2. The molecule has 4 rings (SSSR count). The molecular weight excluding hydrogens is 390 g/mol. The SMILES string of the molecule is NC(=O)c1cccc(C2C[C@H]3CC[C@@H](C2)N3CCN(Cc2ccccc2)C(=O)CO)c1. The fourth-order valence-corrected chi connectivity index (χ4v) is 5.29. The summed E-state index contributed by atoms with van der Waals surface area (Å²) in [7, 11) is 0. The fourth-order valence-electron chi connectivity index (χ4n) is 5.29. The van der Waals surface area contributed by atoms with Gasteiger partial charge in [0, 0.05) is 37.3 Å². The topological polar surface area (TPSA) is 86.9 Å². The summed E-state index contributed by atoms with van der Waals surface area (Å²) >= 11 is 0. The van der Waals surface area contributed by atoms with Gasteiger partial charge in [-0.1, -0.05) is 42.5 Å². The van der Waals surface area contributed by atoms with Crippen LogP contribution in [0.2, 0.25) is 0 Å². The van der Waals surface area contributed by atoms with Gasteiger partial charge in [-0.15, -0.1) is 0 Å². The predicted molar refractivity (Wildman–Crippen MR) is 119 cm³/mol. The van der Waals surface area contributed by atoms with Gasteiger partial charge in [-0.25, -0.2) is 0 Å². The van der Waals surface area contributed by atoms with Gasteiger partial charge in [-0.05, 0) is 54.9 Å². The Morgan fingerprint density at radius 2 is 1.74 bits per heavy atom. The van der Waals surface area contributed by atoms with Crippen LogP contribution in [0.3, 0.4) is 0 Å². The minimum atomic E-state index is -0.460. The monoisotopic (exact) mass is 421 g/mol. The van der Waals surface area contributed by atoms with Crippen molar-refractivity contribution in [2.24, 2.45) is 5.73 Å². The molecule has 1 unspecified atom stereocenters. The quantitative estimate of drug-likeness (QED) is 0.686. The zero-order valence-electron chi connectivity index (χ0n) is 17.8. The minimum absolute atomic E-state index is 0.227. The van der Waals surface area contributed by atoms with Crippen molar-refractivity contribution >= 4 is 11.8 Å². The highest BCUT2D eigenvalue weighted by atomic mass is 16.3. The molecule has 2 aromatic rings. The number of hydrogen-bond donors (Lipinski definition) is 2. The lowest BCUT2D eigenvalue weighted by atomic mass is 9.84. The molecule has 2 saturated heterocycles. The number of nitrogens with zero attached hydrogens (tertiary/aromatic N) is 2. The third-order valence-electron chi connectivity index (χ3n) is 6.86. The van der Waals surface area contributed by atoms with Crippen LogP contribution in [-0.4, -0.2) is 58.5 Å². The van der Waals surface area contributed by atoms with Gasteiger partial charge >= 0.3 is 0 Å². The standard InChI is InChI=1S/C25H31N3O3/c26-25(31)20-8-4-7-19(13-20)21-14-22-9-10-23(15-21)28(22)12-11-27(24(30)17-29)16-18-5-2-1-3-6-18/h1-8,13,21-23,29H,9-12,14-17H2,(H2,26,31)/t21?,22-,23+. The average Bonchev–Trinajstić information content (AvgIpc) is 3.03. The van der Waals surface area contributed by atoms with E-state index in [1.807, 2.05) is 42.5 Å². The summed E-state index contributed by atoms with van der Waals surface area (Å²) in [6, 6.07) is 18.6. The Morgan fingerprint density at radius 3 is 2.39 bits per heavy atom. The number of nitrogens with two attached hydrogens (primary N) is 1. The van der Waals surface area contributed by atoms with E-state index < -0.39 is 6.61 Å². The summed E-state index contributed by atoms with van der Waals surface area (Å²) < 4.78 is 0. The van der Waals surface area contributed by atoms with Gasteiger partial charge in [-0.3, -0.25) is 14.5 Å². The second-order valence-electron chi connectivity index (χ2n) is 8.74. The lowest BCUT2D eigenvalue weighted by Gasteiger charge is -2.40.